The Hall–Kier alpha value is -3.15. The highest BCUT2D eigenvalue weighted by Crippen LogP contribution is 2.14. The number of nitrogens with one attached hydrogen (secondary N) is 2. The van der Waals surface area contributed by atoms with Crippen LogP contribution in [-0.4, -0.2) is 24.4 Å². The van der Waals surface area contributed by atoms with Gasteiger partial charge in [0, 0.05) is 29.8 Å². The largest absolute Gasteiger partial charge is 0.450 e. The van der Waals surface area contributed by atoms with Crippen LogP contribution >= 0.6 is 0 Å². The summed E-state index contributed by atoms with van der Waals surface area (Å²) >= 11 is 0. The molecular weight excluding hydrogens is 320 g/mol. The molecule has 0 spiro atoms. The number of ketones is 1. The van der Waals surface area contributed by atoms with Gasteiger partial charge in [0.1, 0.15) is 0 Å². The molecule has 0 aromatic heterocycles. The number of benzene rings is 2. The quantitative estimate of drug-likeness (QED) is 0.750. The number of carbonyl (C=O) groups is 3. The second-order valence-corrected chi connectivity index (χ2v) is 5.26. The number of rotatable bonds is 7. The molecule has 2 aromatic carbocycles. The van der Waals surface area contributed by atoms with Gasteiger partial charge < -0.3 is 10.1 Å². The number of carbonyl (C=O) groups excluding carboxylic acids is 3. The molecule has 0 saturated carbocycles. The molecule has 0 unspecified atom stereocenters. The molecule has 0 heterocycles. The van der Waals surface area contributed by atoms with E-state index in [9.17, 15) is 14.4 Å². The topological polar surface area (TPSA) is 84.5 Å². The fraction of sp³-hybridized carbons (Fsp3) is 0.211. The van der Waals surface area contributed by atoms with Crippen LogP contribution in [0.1, 0.15) is 30.1 Å². The first-order chi connectivity index (χ1) is 12.1. The first-order valence-electron chi connectivity index (χ1n) is 8.00. The average Bonchev–Trinajstić information content (AvgIpc) is 2.62. The van der Waals surface area contributed by atoms with Gasteiger partial charge in [0.05, 0.1) is 6.61 Å². The van der Waals surface area contributed by atoms with E-state index in [0.29, 0.717) is 23.5 Å². The Morgan fingerprint density at radius 1 is 0.840 bits per heavy atom. The van der Waals surface area contributed by atoms with E-state index in [4.69, 9.17) is 4.74 Å². The van der Waals surface area contributed by atoms with Crippen molar-refractivity contribution in [2.45, 2.75) is 19.8 Å². The van der Waals surface area contributed by atoms with Crippen LogP contribution in [0.3, 0.4) is 0 Å². The van der Waals surface area contributed by atoms with Gasteiger partial charge in [-0.25, -0.2) is 4.79 Å². The minimum Gasteiger partial charge on any atom is -0.450 e. The summed E-state index contributed by atoms with van der Waals surface area (Å²) in [5.74, 6) is -0.305. The van der Waals surface area contributed by atoms with Crippen LogP contribution in [-0.2, 0) is 9.53 Å². The highest BCUT2D eigenvalue weighted by molar-refractivity contribution is 6.00. The maximum Gasteiger partial charge on any atom is 0.411 e. The van der Waals surface area contributed by atoms with Crippen molar-refractivity contribution in [3.63, 3.8) is 0 Å². The Morgan fingerprint density at radius 2 is 1.44 bits per heavy atom. The predicted octanol–water partition coefficient (Wildman–Crippen LogP) is 3.86. The number of amides is 2. The third-order valence-electron chi connectivity index (χ3n) is 3.37. The predicted molar refractivity (Wildman–Crippen MR) is 95.7 cm³/mol. The van der Waals surface area contributed by atoms with Crippen LogP contribution in [0.5, 0.6) is 0 Å². The zero-order valence-corrected chi connectivity index (χ0v) is 14.0. The molecule has 2 amide bonds. The lowest BCUT2D eigenvalue weighted by Gasteiger charge is -2.08. The van der Waals surface area contributed by atoms with Gasteiger partial charge in [0.25, 0.3) is 0 Å². The van der Waals surface area contributed by atoms with E-state index in [2.05, 4.69) is 10.6 Å². The van der Waals surface area contributed by atoms with Crippen LogP contribution in [0.2, 0.25) is 0 Å². The first-order valence-corrected chi connectivity index (χ1v) is 8.00. The van der Waals surface area contributed by atoms with Gasteiger partial charge in [-0.3, -0.25) is 14.9 Å². The molecule has 130 valence electrons. The average molecular weight is 340 g/mol. The van der Waals surface area contributed by atoms with Gasteiger partial charge >= 0.3 is 6.09 Å². The zero-order chi connectivity index (χ0) is 18.1. The van der Waals surface area contributed by atoms with Gasteiger partial charge in [-0.05, 0) is 31.2 Å². The molecule has 0 aliphatic heterocycles. The van der Waals surface area contributed by atoms with Crippen molar-refractivity contribution in [2.75, 3.05) is 17.2 Å². The van der Waals surface area contributed by atoms with Gasteiger partial charge in [0.15, 0.2) is 5.78 Å². The molecule has 0 radical (unpaired) electrons. The van der Waals surface area contributed by atoms with Crippen molar-refractivity contribution >= 4 is 29.2 Å². The van der Waals surface area contributed by atoms with Crippen molar-refractivity contribution in [3.8, 4) is 0 Å². The minimum absolute atomic E-state index is 0.0651. The number of hydrogen-bond donors (Lipinski definition) is 2. The standard InChI is InChI=1S/C19H20N2O4/c1-2-25-19(24)21-16-10-8-15(9-11-16)20-18(23)13-12-17(22)14-6-4-3-5-7-14/h3-11H,2,12-13H2,1H3,(H,20,23)(H,21,24). The van der Waals surface area contributed by atoms with E-state index >= 15 is 0 Å². The van der Waals surface area contributed by atoms with E-state index in [0.717, 1.165) is 0 Å². The third kappa shape index (κ3) is 6.10. The normalized spacial score (nSPS) is 9.96. The number of ether oxygens (including phenoxy) is 1. The molecule has 6 heteroatoms. The van der Waals surface area contributed by atoms with Gasteiger partial charge in [-0.1, -0.05) is 30.3 Å². The fourth-order valence-electron chi connectivity index (χ4n) is 2.14. The number of anilines is 2. The van der Waals surface area contributed by atoms with Gasteiger partial charge in [0.2, 0.25) is 5.91 Å². The van der Waals surface area contributed by atoms with Gasteiger partial charge in [-0.15, -0.1) is 0 Å². The van der Waals surface area contributed by atoms with Crippen LogP contribution in [0.25, 0.3) is 0 Å². The summed E-state index contributed by atoms with van der Waals surface area (Å²) in [5.41, 5.74) is 1.76. The van der Waals surface area contributed by atoms with E-state index in [1.807, 2.05) is 6.07 Å². The summed E-state index contributed by atoms with van der Waals surface area (Å²) in [6.07, 6.45) is -0.270. The van der Waals surface area contributed by atoms with Crippen LogP contribution in [0, 0.1) is 0 Å². The summed E-state index contributed by atoms with van der Waals surface area (Å²) in [6, 6.07) is 15.5. The number of Topliss-reactive ketones (excluding diaryl/α,β-unsaturated/α-hetero) is 1. The summed E-state index contributed by atoms with van der Waals surface area (Å²) in [5, 5.41) is 5.28. The first kappa shape index (κ1) is 18.2. The Morgan fingerprint density at radius 3 is 2.04 bits per heavy atom. The molecule has 6 nitrogen and oxygen atoms in total. The Bertz CT molecular complexity index is 727. The maximum atomic E-state index is 12.0. The summed E-state index contributed by atoms with van der Waals surface area (Å²) in [7, 11) is 0. The van der Waals surface area contributed by atoms with E-state index < -0.39 is 6.09 Å². The minimum atomic E-state index is -0.529. The Balaban J connectivity index is 1.80. The monoisotopic (exact) mass is 340 g/mol. The number of hydrogen-bond acceptors (Lipinski definition) is 4. The van der Waals surface area contributed by atoms with E-state index in [1.165, 1.54) is 0 Å². The highest BCUT2D eigenvalue weighted by Gasteiger charge is 2.09. The molecule has 0 aliphatic rings. The summed E-state index contributed by atoms with van der Waals surface area (Å²) in [4.78, 5) is 35.2. The van der Waals surface area contributed by atoms with E-state index in [-0.39, 0.29) is 24.5 Å². The fourth-order valence-corrected chi connectivity index (χ4v) is 2.14. The SMILES string of the molecule is CCOC(=O)Nc1ccc(NC(=O)CCC(=O)c2ccccc2)cc1. The smallest absolute Gasteiger partial charge is 0.411 e. The van der Waals surface area contributed by atoms with Crippen LogP contribution in [0.4, 0.5) is 16.2 Å². The molecule has 0 saturated heterocycles. The molecule has 0 aliphatic carbocycles. The maximum absolute atomic E-state index is 12.0. The molecule has 0 fully saturated rings. The molecular formula is C19H20N2O4. The molecule has 2 N–H and O–H groups in total. The molecule has 0 bridgehead atoms. The van der Waals surface area contributed by atoms with Crippen molar-refractivity contribution in [3.05, 3.63) is 60.2 Å². The van der Waals surface area contributed by atoms with Crippen LogP contribution < -0.4 is 10.6 Å². The van der Waals surface area contributed by atoms with Crippen molar-refractivity contribution in [2.24, 2.45) is 0 Å². The molecule has 25 heavy (non-hydrogen) atoms. The van der Waals surface area contributed by atoms with E-state index in [1.54, 1.807) is 55.5 Å². The van der Waals surface area contributed by atoms with Crippen molar-refractivity contribution < 1.29 is 19.1 Å². The lowest BCUT2D eigenvalue weighted by molar-refractivity contribution is -0.116. The Labute approximate surface area is 146 Å². The van der Waals surface area contributed by atoms with Crippen LogP contribution in [0.15, 0.2) is 54.6 Å². The molecule has 2 rings (SSSR count). The lowest BCUT2D eigenvalue weighted by atomic mass is 10.1. The lowest BCUT2D eigenvalue weighted by Crippen LogP contribution is -2.14. The summed E-state index contributed by atoms with van der Waals surface area (Å²) < 4.78 is 4.78. The van der Waals surface area contributed by atoms with Crippen molar-refractivity contribution in [1.29, 1.82) is 0 Å². The molecule has 0 atom stereocenters. The van der Waals surface area contributed by atoms with Crippen molar-refractivity contribution in [1.82, 2.24) is 0 Å². The molecule has 2 aromatic rings. The van der Waals surface area contributed by atoms with Gasteiger partial charge in [-0.2, -0.15) is 0 Å². The summed E-state index contributed by atoms with van der Waals surface area (Å²) in [6.45, 7) is 2.02. The Kier molecular flexibility index (Phi) is 6.71. The zero-order valence-electron chi connectivity index (χ0n) is 14.0. The third-order valence-corrected chi connectivity index (χ3v) is 3.37. The second kappa shape index (κ2) is 9.22. The highest BCUT2D eigenvalue weighted by atomic mass is 16.5. The second-order valence-electron chi connectivity index (χ2n) is 5.26.